The SMILES string of the molecule is CCCCc1n[nH]c(=S)n1/N=C\c1ccccc1OCC. The molecular weight excluding hydrogens is 284 g/mol. The minimum Gasteiger partial charge on any atom is -0.493 e. The highest BCUT2D eigenvalue weighted by molar-refractivity contribution is 7.71. The zero-order valence-corrected chi connectivity index (χ0v) is 13.2. The molecule has 0 saturated carbocycles. The smallest absolute Gasteiger partial charge is 0.216 e. The number of para-hydroxylation sites is 1. The Morgan fingerprint density at radius 2 is 2.19 bits per heavy atom. The van der Waals surface area contributed by atoms with E-state index in [0.29, 0.717) is 11.4 Å². The molecule has 0 radical (unpaired) electrons. The molecule has 1 heterocycles. The molecular formula is C15H20N4OS. The highest BCUT2D eigenvalue weighted by Gasteiger charge is 2.05. The van der Waals surface area contributed by atoms with Gasteiger partial charge in [0.05, 0.1) is 12.8 Å². The molecule has 0 fully saturated rings. The second-order valence-corrected chi connectivity index (χ2v) is 4.96. The number of aryl methyl sites for hydroxylation is 1. The molecule has 1 N–H and O–H groups in total. The van der Waals surface area contributed by atoms with Crippen LogP contribution < -0.4 is 4.74 Å². The van der Waals surface area contributed by atoms with E-state index in [4.69, 9.17) is 17.0 Å². The molecule has 0 saturated heterocycles. The summed E-state index contributed by atoms with van der Waals surface area (Å²) in [5.74, 6) is 1.67. The lowest BCUT2D eigenvalue weighted by atomic mass is 10.2. The summed E-state index contributed by atoms with van der Waals surface area (Å²) in [6.07, 6.45) is 4.78. The van der Waals surface area contributed by atoms with Crippen molar-refractivity contribution in [3.8, 4) is 5.75 Å². The number of benzene rings is 1. The number of aromatic amines is 1. The molecule has 21 heavy (non-hydrogen) atoms. The van der Waals surface area contributed by atoms with E-state index in [2.05, 4.69) is 22.2 Å². The van der Waals surface area contributed by atoms with E-state index in [1.165, 1.54) is 0 Å². The van der Waals surface area contributed by atoms with Gasteiger partial charge in [0.1, 0.15) is 5.75 Å². The zero-order valence-electron chi connectivity index (χ0n) is 12.4. The largest absolute Gasteiger partial charge is 0.493 e. The molecule has 2 aromatic rings. The Morgan fingerprint density at radius 1 is 1.38 bits per heavy atom. The maximum Gasteiger partial charge on any atom is 0.216 e. The molecule has 2 rings (SSSR count). The first-order valence-corrected chi connectivity index (χ1v) is 7.59. The summed E-state index contributed by atoms with van der Waals surface area (Å²) in [7, 11) is 0. The third-order valence-corrected chi connectivity index (χ3v) is 3.27. The van der Waals surface area contributed by atoms with Gasteiger partial charge in [0.2, 0.25) is 4.77 Å². The summed E-state index contributed by atoms with van der Waals surface area (Å²) in [5.41, 5.74) is 0.920. The Bertz CT molecular complexity index is 660. The Hall–Kier alpha value is -1.95. The highest BCUT2D eigenvalue weighted by Crippen LogP contribution is 2.16. The summed E-state index contributed by atoms with van der Waals surface area (Å²) in [6, 6.07) is 7.79. The Morgan fingerprint density at radius 3 is 2.95 bits per heavy atom. The van der Waals surface area contributed by atoms with E-state index < -0.39 is 0 Å². The molecule has 0 bridgehead atoms. The lowest BCUT2D eigenvalue weighted by molar-refractivity contribution is 0.340. The Labute approximate surface area is 129 Å². The number of H-pyrrole nitrogens is 1. The van der Waals surface area contributed by atoms with Crippen molar-refractivity contribution in [2.24, 2.45) is 5.10 Å². The second kappa shape index (κ2) is 7.73. The van der Waals surface area contributed by atoms with Crippen molar-refractivity contribution in [3.63, 3.8) is 0 Å². The van der Waals surface area contributed by atoms with Crippen molar-refractivity contribution in [1.82, 2.24) is 14.9 Å². The van der Waals surface area contributed by atoms with Gasteiger partial charge in [-0.25, -0.2) is 0 Å². The second-order valence-electron chi connectivity index (χ2n) is 4.58. The molecule has 0 aliphatic heterocycles. The van der Waals surface area contributed by atoms with Gasteiger partial charge < -0.3 is 4.74 Å². The van der Waals surface area contributed by atoms with Crippen LogP contribution in [0.15, 0.2) is 29.4 Å². The number of hydrogen-bond donors (Lipinski definition) is 1. The lowest BCUT2D eigenvalue weighted by Crippen LogP contribution is -2.00. The summed E-state index contributed by atoms with van der Waals surface area (Å²) in [6.45, 7) is 4.73. The minimum atomic E-state index is 0.506. The minimum absolute atomic E-state index is 0.506. The van der Waals surface area contributed by atoms with E-state index in [1.807, 2.05) is 31.2 Å². The van der Waals surface area contributed by atoms with Crippen molar-refractivity contribution in [3.05, 3.63) is 40.4 Å². The van der Waals surface area contributed by atoms with Crippen LogP contribution in [0, 0.1) is 4.77 Å². The molecule has 6 heteroatoms. The van der Waals surface area contributed by atoms with Gasteiger partial charge >= 0.3 is 0 Å². The Kier molecular flexibility index (Phi) is 5.68. The highest BCUT2D eigenvalue weighted by atomic mass is 32.1. The van der Waals surface area contributed by atoms with Gasteiger partial charge in [0, 0.05) is 12.0 Å². The molecule has 112 valence electrons. The van der Waals surface area contributed by atoms with Gasteiger partial charge in [-0.15, -0.1) is 0 Å². The normalized spacial score (nSPS) is 11.1. The maximum atomic E-state index is 5.58. The first-order chi connectivity index (χ1) is 10.3. The van der Waals surface area contributed by atoms with Gasteiger partial charge in [-0.1, -0.05) is 25.5 Å². The standard InChI is InChI=1S/C15H20N4OS/c1-3-5-10-14-17-18-15(21)19(14)16-11-12-8-6-7-9-13(12)20-4-2/h6-9,11H,3-5,10H2,1-2H3,(H,18,21)/b16-11-. The quantitative estimate of drug-likeness (QED) is 0.628. The molecule has 0 aliphatic carbocycles. The fraction of sp³-hybridized carbons (Fsp3) is 0.400. The van der Waals surface area contributed by atoms with Gasteiger partial charge in [-0.3, -0.25) is 5.10 Å². The van der Waals surface area contributed by atoms with Crippen molar-refractivity contribution in [2.45, 2.75) is 33.1 Å². The van der Waals surface area contributed by atoms with Crippen LogP contribution in [0.5, 0.6) is 5.75 Å². The van der Waals surface area contributed by atoms with Gasteiger partial charge in [-0.05, 0) is 37.7 Å². The van der Waals surface area contributed by atoms with Crippen LogP contribution in [0.2, 0.25) is 0 Å². The predicted octanol–water partition coefficient (Wildman–Crippen LogP) is 3.56. The number of unbranched alkanes of at least 4 members (excludes halogenated alkanes) is 1. The number of nitrogens with zero attached hydrogens (tertiary/aromatic N) is 3. The number of ether oxygens (including phenoxy) is 1. The molecule has 0 unspecified atom stereocenters. The molecule has 0 atom stereocenters. The van der Waals surface area contributed by atoms with Crippen LogP contribution in [0.3, 0.4) is 0 Å². The Balaban J connectivity index is 2.25. The predicted molar refractivity (Wildman–Crippen MR) is 86.6 cm³/mol. The molecule has 0 spiro atoms. The summed E-state index contributed by atoms with van der Waals surface area (Å²) < 4.78 is 7.76. The van der Waals surface area contributed by atoms with Gasteiger partial charge in [-0.2, -0.15) is 14.9 Å². The number of nitrogens with one attached hydrogen (secondary N) is 1. The third-order valence-electron chi connectivity index (χ3n) is 3.00. The average molecular weight is 304 g/mol. The monoisotopic (exact) mass is 304 g/mol. The van der Waals surface area contributed by atoms with Crippen LogP contribution in [-0.2, 0) is 6.42 Å². The van der Waals surface area contributed by atoms with E-state index in [1.54, 1.807) is 10.9 Å². The topological polar surface area (TPSA) is 55.2 Å². The van der Waals surface area contributed by atoms with Crippen LogP contribution >= 0.6 is 12.2 Å². The number of rotatable bonds is 7. The number of aromatic nitrogens is 3. The van der Waals surface area contributed by atoms with Crippen LogP contribution in [0.4, 0.5) is 0 Å². The fourth-order valence-corrected chi connectivity index (χ4v) is 2.13. The van der Waals surface area contributed by atoms with Crippen molar-refractivity contribution in [1.29, 1.82) is 0 Å². The van der Waals surface area contributed by atoms with Crippen LogP contribution in [0.25, 0.3) is 0 Å². The summed E-state index contributed by atoms with van der Waals surface area (Å²) >= 11 is 5.22. The summed E-state index contributed by atoms with van der Waals surface area (Å²) in [5, 5.41) is 11.5. The third kappa shape index (κ3) is 4.01. The zero-order chi connectivity index (χ0) is 15.1. The first kappa shape index (κ1) is 15.4. The molecule has 5 nitrogen and oxygen atoms in total. The van der Waals surface area contributed by atoms with Crippen LogP contribution in [0.1, 0.15) is 38.1 Å². The van der Waals surface area contributed by atoms with Crippen molar-refractivity contribution >= 4 is 18.4 Å². The first-order valence-electron chi connectivity index (χ1n) is 7.18. The van der Waals surface area contributed by atoms with E-state index in [0.717, 1.165) is 36.4 Å². The average Bonchev–Trinajstić information content (AvgIpc) is 2.85. The molecule has 0 amide bonds. The fourth-order valence-electron chi connectivity index (χ4n) is 1.93. The van der Waals surface area contributed by atoms with Gasteiger partial charge in [0.15, 0.2) is 5.82 Å². The number of hydrogen-bond acceptors (Lipinski definition) is 4. The summed E-state index contributed by atoms with van der Waals surface area (Å²) in [4.78, 5) is 0. The van der Waals surface area contributed by atoms with E-state index in [-0.39, 0.29) is 0 Å². The molecule has 0 aliphatic rings. The van der Waals surface area contributed by atoms with Crippen LogP contribution in [-0.4, -0.2) is 27.7 Å². The van der Waals surface area contributed by atoms with Gasteiger partial charge in [0.25, 0.3) is 0 Å². The molecule has 1 aromatic heterocycles. The molecule has 1 aromatic carbocycles. The van der Waals surface area contributed by atoms with Crippen molar-refractivity contribution < 1.29 is 4.74 Å². The van der Waals surface area contributed by atoms with E-state index >= 15 is 0 Å². The van der Waals surface area contributed by atoms with Crippen molar-refractivity contribution in [2.75, 3.05) is 6.61 Å². The maximum absolute atomic E-state index is 5.58. The lowest BCUT2D eigenvalue weighted by Gasteiger charge is -2.06. The van der Waals surface area contributed by atoms with E-state index in [9.17, 15) is 0 Å².